The van der Waals surface area contributed by atoms with Crippen LogP contribution in [-0.4, -0.2) is 5.78 Å². The number of rotatable bonds is 2. The van der Waals surface area contributed by atoms with Gasteiger partial charge in [0.05, 0.1) is 0 Å². The summed E-state index contributed by atoms with van der Waals surface area (Å²) in [6, 6.07) is 0. The molecule has 9 heavy (non-hydrogen) atoms. The third-order valence-electron chi connectivity index (χ3n) is 1.39. The van der Waals surface area contributed by atoms with Gasteiger partial charge in [-0.15, -0.1) is 0 Å². The van der Waals surface area contributed by atoms with E-state index in [-0.39, 0.29) is 5.78 Å². The fraction of sp³-hybridized carbons (Fsp3) is 0.571. The summed E-state index contributed by atoms with van der Waals surface area (Å²) in [6.07, 6.45) is 0.755. The number of carbonyl (C=O) groups is 1. The van der Waals surface area contributed by atoms with Crippen LogP contribution in [0.2, 0.25) is 0 Å². The molecule has 2 nitrogen and oxygen atoms in total. The highest BCUT2D eigenvalue weighted by atomic mass is 16.1. The van der Waals surface area contributed by atoms with E-state index in [4.69, 9.17) is 5.73 Å². The van der Waals surface area contributed by atoms with Crippen molar-refractivity contribution in [2.24, 2.45) is 5.73 Å². The normalized spacial score (nSPS) is 12.8. The molecule has 0 radical (unpaired) electrons. The molecule has 2 N–H and O–H groups in total. The van der Waals surface area contributed by atoms with E-state index in [2.05, 4.69) is 0 Å². The highest BCUT2D eigenvalue weighted by molar-refractivity contribution is 5.93. The maximum Gasteiger partial charge on any atom is 0.157 e. The monoisotopic (exact) mass is 127 g/mol. The third kappa shape index (κ3) is 2.31. The molecule has 0 saturated heterocycles. The lowest BCUT2D eigenvalue weighted by molar-refractivity contribution is -0.113. The first-order valence-corrected chi connectivity index (χ1v) is 3.05. The minimum Gasteiger partial charge on any atom is -0.402 e. The van der Waals surface area contributed by atoms with E-state index < -0.39 is 0 Å². The summed E-state index contributed by atoms with van der Waals surface area (Å²) in [6.45, 7) is 5.21. The fourth-order valence-electron chi connectivity index (χ4n) is 0.491. The van der Waals surface area contributed by atoms with Gasteiger partial charge in [0.15, 0.2) is 5.78 Å². The van der Waals surface area contributed by atoms with E-state index in [0.717, 1.165) is 6.42 Å². The molecule has 0 unspecified atom stereocenters. The number of Topliss-reactive ketones (excluding diaryl/α,β-unsaturated/α-hetero) is 1. The Morgan fingerprint density at radius 1 is 1.44 bits per heavy atom. The van der Waals surface area contributed by atoms with Gasteiger partial charge in [0, 0.05) is 11.3 Å². The molecule has 0 aliphatic rings. The molecule has 0 aliphatic carbocycles. The van der Waals surface area contributed by atoms with Crippen molar-refractivity contribution in [2.75, 3.05) is 0 Å². The predicted molar refractivity (Wildman–Crippen MR) is 37.9 cm³/mol. The maximum absolute atomic E-state index is 10.6. The SMILES string of the molecule is CC/C(N)=C(\C)C(C)=O. The predicted octanol–water partition coefficient (Wildman–Crippen LogP) is 1.22. The van der Waals surface area contributed by atoms with Crippen LogP contribution in [0.25, 0.3) is 0 Å². The molecule has 0 atom stereocenters. The van der Waals surface area contributed by atoms with Gasteiger partial charge in [-0.3, -0.25) is 4.79 Å². The van der Waals surface area contributed by atoms with Crippen molar-refractivity contribution in [2.45, 2.75) is 27.2 Å². The molecular weight excluding hydrogens is 114 g/mol. The van der Waals surface area contributed by atoms with Gasteiger partial charge in [0.25, 0.3) is 0 Å². The molecule has 0 heterocycles. The Morgan fingerprint density at radius 2 is 1.89 bits per heavy atom. The molecule has 0 aromatic rings. The van der Waals surface area contributed by atoms with Crippen molar-refractivity contribution >= 4 is 5.78 Å². The second kappa shape index (κ2) is 3.28. The minimum atomic E-state index is 0.0642. The van der Waals surface area contributed by atoms with Gasteiger partial charge in [-0.25, -0.2) is 0 Å². The Bertz CT molecular complexity index is 147. The molecule has 2 heteroatoms. The maximum atomic E-state index is 10.6. The van der Waals surface area contributed by atoms with Crippen LogP contribution in [0.3, 0.4) is 0 Å². The van der Waals surface area contributed by atoms with Gasteiger partial charge < -0.3 is 5.73 Å². The Kier molecular flexibility index (Phi) is 2.99. The number of hydrogen-bond donors (Lipinski definition) is 1. The van der Waals surface area contributed by atoms with E-state index in [1.807, 2.05) is 6.92 Å². The summed E-state index contributed by atoms with van der Waals surface area (Å²) in [7, 11) is 0. The van der Waals surface area contributed by atoms with Gasteiger partial charge in [-0.1, -0.05) is 6.92 Å². The van der Waals surface area contributed by atoms with Crippen LogP contribution >= 0.6 is 0 Å². The van der Waals surface area contributed by atoms with E-state index in [9.17, 15) is 4.79 Å². The van der Waals surface area contributed by atoms with Gasteiger partial charge in [-0.05, 0) is 20.3 Å². The van der Waals surface area contributed by atoms with Crippen molar-refractivity contribution in [3.8, 4) is 0 Å². The standard InChI is InChI=1S/C7H13NO/c1-4-7(8)5(2)6(3)9/h4,8H2,1-3H3/b7-5-. The molecule has 0 amide bonds. The lowest BCUT2D eigenvalue weighted by Gasteiger charge is -1.98. The first kappa shape index (κ1) is 8.21. The summed E-state index contributed by atoms with van der Waals surface area (Å²) < 4.78 is 0. The zero-order chi connectivity index (χ0) is 7.44. The molecule has 0 spiro atoms. The molecule has 0 bridgehead atoms. The van der Waals surface area contributed by atoms with E-state index in [1.165, 1.54) is 6.92 Å². The second-order valence-corrected chi connectivity index (χ2v) is 2.06. The van der Waals surface area contributed by atoms with Crippen molar-refractivity contribution in [3.05, 3.63) is 11.3 Å². The van der Waals surface area contributed by atoms with Crippen molar-refractivity contribution < 1.29 is 4.79 Å². The average molecular weight is 127 g/mol. The second-order valence-electron chi connectivity index (χ2n) is 2.06. The van der Waals surface area contributed by atoms with Crippen molar-refractivity contribution in [3.63, 3.8) is 0 Å². The van der Waals surface area contributed by atoms with E-state index in [0.29, 0.717) is 11.3 Å². The molecule has 0 aliphatic heterocycles. The van der Waals surface area contributed by atoms with Gasteiger partial charge in [0.1, 0.15) is 0 Å². The molecule has 0 rings (SSSR count). The van der Waals surface area contributed by atoms with Gasteiger partial charge in [-0.2, -0.15) is 0 Å². The zero-order valence-corrected chi connectivity index (χ0v) is 6.19. The third-order valence-corrected chi connectivity index (χ3v) is 1.39. The topological polar surface area (TPSA) is 43.1 Å². The van der Waals surface area contributed by atoms with E-state index in [1.54, 1.807) is 6.92 Å². The molecule has 0 fully saturated rings. The number of hydrogen-bond acceptors (Lipinski definition) is 2. The highest BCUT2D eigenvalue weighted by Gasteiger charge is 1.99. The summed E-state index contributed by atoms with van der Waals surface area (Å²) in [5.41, 5.74) is 6.87. The van der Waals surface area contributed by atoms with Crippen LogP contribution in [0, 0.1) is 0 Å². The number of allylic oxidation sites excluding steroid dienone is 2. The number of carbonyl (C=O) groups excluding carboxylic acids is 1. The quantitative estimate of drug-likeness (QED) is 0.567. The Labute approximate surface area is 55.7 Å². The minimum absolute atomic E-state index is 0.0642. The molecular formula is C7H13NO. The van der Waals surface area contributed by atoms with Crippen LogP contribution < -0.4 is 5.73 Å². The van der Waals surface area contributed by atoms with Crippen LogP contribution in [0.5, 0.6) is 0 Å². The lowest BCUT2D eigenvalue weighted by Crippen LogP contribution is -2.04. The Morgan fingerprint density at radius 3 is 2.00 bits per heavy atom. The summed E-state index contributed by atoms with van der Waals surface area (Å²) in [4.78, 5) is 10.6. The molecule has 0 aromatic heterocycles. The van der Waals surface area contributed by atoms with Gasteiger partial charge >= 0.3 is 0 Å². The van der Waals surface area contributed by atoms with Crippen LogP contribution in [0.4, 0.5) is 0 Å². The molecule has 52 valence electrons. The summed E-state index contributed by atoms with van der Waals surface area (Å²) in [5.74, 6) is 0.0642. The fourth-order valence-corrected chi connectivity index (χ4v) is 0.491. The number of ketones is 1. The Balaban J connectivity index is 4.28. The first-order chi connectivity index (χ1) is 4.09. The largest absolute Gasteiger partial charge is 0.402 e. The number of nitrogens with two attached hydrogens (primary N) is 1. The van der Waals surface area contributed by atoms with Crippen molar-refractivity contribution in [1.82, 2.24) is 0 Å². The highest BCUT2D eigenvalue weighted by Crippen LogP contribution is 2.01. The van der Waals surface area contributed by atoms with Crippen LogP contribution in [0.15, 0.2) is 11.3 Å². The lowest BCUT2D eigenvalue weighted by atomic mass is 10.1. The van der Waals surface area contributed by atoms with Crippen LogP contribution in [-0.2, 0) is 4.79 Å². The summed E-state index contributed by atoms with van der Waals surface area (Å²) in [5, 5.41) is 0. The molecule has 0 saturated carbocycles. The zero-order valence-electron chi connectivity index (χ0n) is 6.19. The average Bonchev–Trinajstić information content (AvgIpc) is 1.84. The smallest absolute Gasteiger partial charge is 0.157 e. The van der Waals surface area contributed by atoms with E-state index >= 15 is 0 Å². The van der Waals surface area contributed by atoms with Crippen molar-refractivity contribution in [1.29, 1.82) is 0 Å². The van der Waals surface area contributed by atoms with Crippen LogP contribution in [0.1, 0.15) is 27.2 Å². The Hall–Kier alpha value is -0.790. The van der Waals surface area contributed by atoms with Gasteiger partial charge in [0.2, 0.25) is 0 Å². The summed E-state index contributed by atoms with van der Waals surface area (Å²) >= 11 is 0. The molecule has 0 aromatic carbocycles. The first-order valence-electron chi connectivity index (χ1n) is 3.05.